The number of nitrogens with one attached hydrogen (secondary N) is 2. The molecule has 2 rings (SSSR count). The lowest BCUT2D eigenvalue weighted by molar-refractivity contribution is -0.140. The first-order valence-corrected chi connectivity index (χ1v) is 8.10. The average Bonchev–Trinajstić information content (AvgIpc) is 2.55. The monoisotopic (exact) mass is 297 g/mol. The van der Waals surface area contributed by atoms with Crippen molar-refractivity contribution in [3.05, 3.63) is 0 Å². The Bertz CT molecular complexity index is 356. The van der Waals surface area contributed by atoms with E-state index in [0.29, 0.717) is 26.3 Å². The maximum absolute atomic E-state index is 12.4. The molecule has 2 aliphatic heterocycles. The van der Waals surface area contributed by atoms with Gasteiger partial charge in [0.1, 0.15) is 6.04 Å². The minimum Gasteiger partial charge on any atom is -0.378 e. The summed E-state index contributed by atoms with van der Waals surface area (Å²) < 4.78 is 5.34. The zero-order valence-corrected chi connectivity index (χ0v) is 12.9. The fourth-order valence-corrected chi connectivity index (χ4v) is 2.87. The molecule has 2 aliphatic rings. The summed E-state index contributed by atoms with van der Waals surface area (Å²) in [7, 11) is 0. The van der Waals surface area contributed by atoms with E-state index in [9.17, 15) is 9.59 Å². The molecule has 0 saturated carbocycles. The number of hydrogen-bond donors (Lipinski definition) is 2. The normalized spacial score (nSPS) is 26.4. The van der Waals surface area contributed by atoms with Gasteiger partial charge in [0.25, 0.3) is 0 Å². The third kappa shape index (κ3) is 4.68. The Morgan fingerprint density at radius 3 is 3.00 bits per heavy atom. The number of piperidine rings is 1. The molecule has 2 heterocycles. The Kier molecular flexibility index (Phi) is 6.45. The molecule has 2 unspecified atom stereocenters. The highest BCUT2D eigenvalue weighted by Crippen LogP contribution is 2.18. The highest BCUT2D eigenvalue weighted by molar-refractivity contribution is 5.84. The molecule has 6 nitrogen and oxygen atoms in total. The largest absolute Gasteiger partial charge is 0.378 e. The van der Waals surface area contributed by atoms with E-state index in [-0.39, 0.29) is 23.8 Å². The summed E-state index contributed by atoms with van der Waals surface area (Å²) in [6.45, 7) is 5.93. The highest BCUT2D eigenvalue weighted by Gasteiger charge is 2.32. The van der Waals surface area contributed by atoms with Crippen molar-refractivity contribution < 1.29 is 14.3 Å². The maximum Gasteiger partial charge on any atom is 0.242 e. The summed E-state index contributed by atoms with van der Waals surface area (Å²) in [4.78, 5) is 26.4. The third-order valence-corrected chi connectivity index (χ3v) is 4.15. The number of carbonyl (C=O) groups is 2. The van der Waals surface area contributed by atoms with Gasteiger partial charge in [0, 0.05) is 26.2 Å². The minimum atomic E-state index is -0.249. The molecule has 0 spiro atoms. The fraction of sp³-hybridized carbons (Fsp3) is 0.867. The molecule has 0 bridgehead atoms. The van der Waals surface area contributed by atoms with Crippen molar-refractivity contribution >= 4 is 11.8 Å². The standard InChI is InChI=1S/C15H27N3O3/c1-2-3-6-17-14(19)12-5-4-8-18(10-12)15(20)13-11-21-9-7-16-13/h12-13,16H,2-11H2,1H3,(H,17,19). The molecule has 0 radical (unpaired) electrons. The Balaban J connectivity index is 1.81. The summed E-state index contributed by atoms with van der Waals surface area (Å²) >= 11 is 0. The van der Waals surface area contributed by atoms with E-state index in [0.717, 1.165) is 38.8 Å². The van der Waals surface area contributed by atoms with Gasteiger partial charge in [0.05, 0.1) is 19.1 Å². The zero-order chi connectivity index (χ0) is 15.1. The predicted molar refractivity (Wildman–Crippen MR) is 79.8 cm³/mol. The Hall–Kier alpha value is -1.14. The molecule has 2 fully saturated rings. The van der Waals surface area contributed by atoms with Crippen LogP contribution in [0, 0.1) is 5.92 Å². The van der Waals surface area contributed by atoms with Crippen LogP contribution in [0.1, 0.15) is 32.6 Å². The Morgan fingerprint density at radius 1 is 1.43 bits per heavy atom. The summed E-state index contributed by atoms with van der Waals surface area (Å²) in [5, 5.41) is 6.16. The van der Waals surface area contributed by atoms with Gasteiger partial charge in [-0.05, 0) is 19.3 Å². The molecule has 2 atom stereocenters. The molecule has 2 N–H and O–H groups in total. The lowest BCUT2D eigenvalue weighted by Gasteiger charge is -2.35. The van der Waals surface area contributed by atoms with Crippen LogP contribution in [0.25, 0.3) is 0 Å². The second-order valence-electron chi connectivity index (χ2n) is 5.85. The number of amides is 2. The molecule has 0 aromatic carbocycles. The van der Waals surface area contributed by atoms with Gasteiger partial charge in [0.15, 0.2) is 0 Å². The molecule has 0 aromatic heterocycles. The van der Waals surface area contributed by atoms with Gasteiger partial charge >= 0.3 is 0 Å². The van der Waals surface area contributed by atoms with Crippen molar-refractivity contribution in [2.75, 3.05) is 39.4 Å². The van der Waals surface area contributed by atoms with Gasteiger partial charge in [-0.1, -0.05) is 13.3 Å². The quantitative estimate of drug-likeness (QED) is 0.708. The molecule has 120 valence electrons. The number of unbranched alkanes of at least 4 members (excludes halogenated alkanes) is 1. The number of ether oxygens (including phenoxy) is 1. The first kappa shape index (κ1) is 16.2. The first-order valence-electron chi connectivity index (χ1n) is 8.10. The van der Waals surface area contributed by atoms with Gasteiger partial charge in [0.2, 0.25) is 11.8 Å². The van der Waals surface area contributed by atoms with Crippen LogP contribution in [0.5, 0.6) is 0 Å². The van der Waals surface area contributed by atoms with Gasteiger partial charge < -0.3 is 20.3 Å². The summed E-state index contributed by atoms with van der Waals surface area (Å²) in [6, 6.07) is -0.249. The molecular formula is C15H27N3O3. The molecule has 6 heteroatoms. The fourth-order valence-electron chi connectivity index (χ4n) is 2.87. The van der Waals surface area contributed by atoms with Crippen LogP contribution in [0.15, 0.2) is 0 Å². The summed E-state index contributed by atoms with van der Waals surface area (Å²) in [6.07, 6.45) is 3.84. The third-order valence-electron chi connectivity index (χ3n) is 4.15. The molecule has 21 heavy (non-hydrogen) atoms. The number of morpholine rings is 1. The molecule has 2 saturated heterocycles. The second-order valence-corrected chi connectivity index (χ2v) is 5.85. The van der Waals surface area contributed by atoms with E-state index in [1.165, 1.54) is 0 Å². The Labute approximate surface area is 126 Å². The number of hydrogen-bond acceptors (Lipinski definition) is 4. The lowest BCUT2D eigenvalue weighted by atomic mass is 9.96. The van der Waals surface area contributed by atoms with Crippen LogP contribution < -0.4 is 10.6 Å². The van der Waals surface area contributed by atoms with Gasteiger partial charge in [-0.15, -0.1) is 0 Å². The molecule has 0 aliphatic carbocycles. The number of carbonyl (C=O) groups excluding carboxylic acids is 2. The SMILES string of the molecule is CCCCNC(=O)C1CCCN(C(=O)C2COCCN2)C1. The molecule has 0 aromatic rings. The van der Waals surface area contributed by atoms with Crippen LogP contribution >= 0.6 is 0 Å². The highest BCUT2D eigenvalue weighted by atomic mass is 16.5. The predicted octanol–water partition coefficient (Wildman–Crippen LogP) is 0.130. The minimum absolute atomic E-state index is 0.0657. The lowest BCUT2D eigenvalue weighted by Crippen LogP contribution is -2.55. The van der Waals surface area contributed by atoms with Gasteiger partial charge in [-0.25, -0.2) is 0 Å². The van der Waals surface area contributed by atoms with Crippen molar-refractivity contribution in [2.24, 2.45) is 5.92 Å². The number of likely N-dealkylation sites (tertiary alicyclic amines) is 1. The van der Waals surface area contributed by atoms with E-state index in [4.69, 9.17) is 4.74 Å². The number of nitrogens with zero attached hydrogens (tertiary/aromatic N) is 1. The van der Waals surface area contributed by atoms with Gasteiger partial charge in [-0.3, -0.25) is 9.59 Å². The molecular weight excluding hydrogens is 270 g/mol. The summed E-state index contributed by atoms with van der Waals surface area (Å²) in [5.41, 5.74) is 0. The van der Waals surface area contributed by atoms with Crippen molar-refractivity contribution in [1.82, 2.24) is 15.5 Å². The van der Waals surface area contributed by atoms with E-state index in [1.807, 2.05) is 4.90 Å². The Morgan fingerprint density at radius 2 is 2.29 bits per heavy atom. The van der Waals surface area contributed by atoms with Gasteiger partial charge in [-0.2, -0.15) is 0 Å². The topological polar surface area (TPSA) is 70.7 Å². The number of rotatable bonds is 5. The van der Waals surface area contributed by atoms with Crippen molar-refractivity contribution in [1.29, 1.82) is 0 Å². The zero-order valence-electron chi connectivity index (χ0n) is 12.9. The van der Waals surface area contributed by atoms with Crippen LogP contribution in [-0.2, 0) is 14.3 Å². The molecule has 2 amide bonds. The maximum atomic E-state index is 12.4. The van der Waals surface area contributed by atoms with E-state index >= 15 is 0 Å². The first-order chi connectivity index (χ1) is 10.2. The smallest absolute Gasteiger partial charge is 0.242 e. The van der Waals surface area contributed by atoms with Crippen LogP contribution in [-0.4, -0.2) is 62.1 Å². The van der Waals surface area contributed by atoms with Crippen LogP contribution in [0.2, 0.25) is 0 Å². The van der Waals surface area contributed by atoms with Crippen molar-refractivity contribution in [2.45, 2.75) is 38.6 Å². The van der Waals surface area contributed by atoms with E-state index in [1.54, 1.807) is 0 Å². The van der Waals surface area contributed by atoms with Crippen molar-refractivity contribution in [3.63, 3.8) is 0 Å². The second kappa shape index (κ2) is 8.34. The van der Waals surface area contributed by atoms with Crippen LogP contribution in [0.3, 0.4) is 0 Å². The van der Waals surface area contributed by atoms with E-state index in [2.05, 4.69) is 17.6 Å². The summed E-state index contributed by atoms with van der Waals surface area (Å²) in [5.74, 6) is 0.0960. The van der Waals surface area contributed by atoms with Crippen LogP contribution in [0.4, 0.5) is 0 Å². The average molecular weight is 297 g/mol. The van der Waals surface area contributed by atoms with E-state index < -0.39 is 0 Å². The van der Waals surface area contributed by atoms with Crippen molar-refractivity contribution in [3.8, 4) is 0 Å².